The Kier molecular flexibility index (Phi) is 5.38. The van der Waals surface area contributed by atoms with E-state index in [-0.39, 0.29) is 0 Å². The lowest BCUT2D eigenvalue weighted by Gasteiger charge is -2.13. The van der Waals surface area contributed by atoms with Crippen LogP contribution in [0.1, 0.15) is 18.7 Å². The summed E-state index contributed by atoms with van der Waals surface area (Å²) in [5.41, 5.74) is 8.37. The zero-order valence-corrected chi connectivity index (χ0v) is 21.1. The molecular weight excluding hydrogens is 466 g/mol. The highest BCUT2D eigenvalue weighted by molar-refractivity contribution is 7.15. The van der Waals surface area contributed by atoms with Gasteiger partial charge in [-0.3, -0.25) is 15.1 Å². The van der Waals surface area contributed by atoms with Crippen molar-refractivity contribution >= 4 is 39.0 Å². The number of hydrogen-bond donors (Lipinski definition) is 3. The van der Waals surface area contributed by atoms with Gasteiger partial charge in [0.25, 0.3) is 0 Å². The number of allylic oxidation sites excluding steroid dienone is 1. The number of nitrogens with zero attached hydrogens (tertiary/aromatic N) is 4. The second-order valence-corrected chi connectivity index (χ2v) is 10.5. The van der Waals surface area contributed by atoms with Crippen LogP contribution in [0.25, 0.3) is 54.9 Å². The minimum Gasteiger partial charge on any atom is -0.358 e. The molecule has 0 bridgehead atoms. The molecule has 0 radical (unpaired) electrons. The third-order valence-electron chi connectivity index (χ3n) is 6.30. The van der Waals surface area contributed by atoms with Crippen LogP contribution < -0.4 is 5.32 Å². The molecule has 178 valence electrons. The van der Waals surface area contributed by atoms with E-state index in [9.17, 15) is 0 Å². The van der Waals surface area contributed by atoms with Crippen LogP contribution in [0, 0.1) is 12.8 Å². The van der Waals surface area contributed by atoms with Crippen LogP contribution in [0.4, 0.5) is 5.69 Å². The van der Waals surface area contributed by atoms with Crippen LogP contribution in [0.2, 0.25) is 0 Å². The molecule has 0 spiro atoms. The van der Waals surface area contributed by atoms with E-state index in [0.717, 1.165) is 55.8 Å². The third-order valence-corrected chi connectivity index (χ3v) is 7.34. The summed E-state index contributed by atoms with van der Waals surface area (Å²) in [5.74, 6) is 0.330. The molecular formula is C28H25N7S. The number of aryl methyl sites for hydroxylation is 1. The predicted molar refractivity (Wildman–Crippen MR) is 148 cm³/mol. The second kappa shape index (κ2) is 8.73. The van der Waals surface area contributed by atoms with Gasteiger partial charge in [0, 0.05) is 61.5 Å². The molecule has 0 unspecified atom stereocenters. The van der Waals surface area contributed by atoms with E-state index in [4.69, 9.17) is 0 Å². The van der Waals surface area contributed by atoms with Gasteiger partial charge in [0.1, 0.15) is 0 Å². The van der Waals surface area contributed by atoms with Crippen molar-refractivity contribution in [1.29, 1.82) is 0 Å². The summed E-state index contributed by atoms with van der Waals surface area (Å²) in [5, 5.41) is 13.0. The summed E-state index contributed by atoms with van der Waals surface area (Å²) >= 11 is 1.77. The normalized spacial score (nSPS) is 11.6. The molecule has 0 aliphatic heterocycles. The Morgan fingerprint density at radius 2 is 1.81 bits per heavy atom. The van der Waals surface area contributed by atoms with Crippen LogP contribution in [0.15, 0.2) is 73.6 Å². The molecule has 0 saturated carbocycles. The lowest BCUT2D eigenvalue weighted by Crippen LogP contribution is -2.04. The van der Waals surface area contributed by atoms with Crippen molar-refractivity contribution in [3.05, 3.63) is 78.5 Å². The van der Waals surface area contributed by atoms with Crippen molar-refractivity contribution in [2.75, 3.05) is 5.32 Å². The maximum Gasteiger partial charge on any atom is 0.181 e. The molecule has 6 aromatic heterocycles. The zero-order chi connectivity index (χ0) is 24.8. The van der Waals surface area contributed by atoms with Crippen LogP contribution in [0.3, 0.4) is 0 Å². The molecule has 6 rings (SSSR count). The quantitative estimate of drug-likeness (QED) is 0.229. The second-order valence-electron chi connectivity index (χ2n) is 9.20. The number of aromatic amines is 2. The van der Waals surface area contributed by atoms with Gasteiger partial charge in [-0.15, -0.1) is 11.3 Å². The Hall–Kier alpha value is -4.30. The van der Waals surface area contributed by atoms with Gasteiger partial charge >= 0.3 is 0 Å². The summed E-state index contributed by atoms with van der Waals surface area (Å²) < 4.78 is 0. The highest BCUT2D eigenvalue weighted by atomic mass is 32.1. The van der Waals surface area contributed by atoms with Crippen molar-refractivity contribution < 1.29 is 0 Å². The number of anilines is 1. The number of nitrogens with one attached hydrogen (secondary N) is 3. The minimum atomic E-state index is 0.330. The molecule has 0 aliphatic rings. The van der Waals surface area contributed by atoms with Crippen LogP contribution >= 0.6 is 11.3 Å². The Labute approximate surface area is 212 Å². The summed E-state index contributed by atoms with van der Waals surface area (Å²) in [6.07, 6.45) is 9.27. The number of H-pyrrole nitrogens is 2. The first-order valence-electron chi connectivity index (χ1n) is 11.8. The monoisotopic (exact) mass is 491 g/mol. The van der Waals surface area contributed by atoms with Crippen molar-refractivity contribution in [2.45, 2.75) is 20.8 Å². The Morgan fingerprint density at radius 3 is 2.61 bits per heavy atom. The standard InChI is InChI=1S/C28H25N7S/c1-15(2)17(4)32-20-7-18(10-29-12-20)19-8-22-27(34-35-28(22)31-11-19)24-9-21-23(13-30-14-25(21)33-24)26-6-5-16(3)36-26/h5-15,32-33H,4H2,1-3H3,(H,31,34,35). The molecule has 0 atom stereocenters. The van der Waals surface area contributed by atoms with Crippen LogP contribution in [-0.2, 0) is 0 Å². The van der Waals surface area contributed by atoms with Gasteiger partial charge in [-0.2, -0.15) is 5.10 Å². The highest BCUT2D eigenvalue weighted by Crippen LogP contribution is 2.36. The van der Waals surface area contributed by atoms with Gasteiger partial charge in [-0.05, 0) is 43.2 Å². The first-order valence-corrected chi connectivity index (χ1v) is 12.6. The highest BCUT2D eigenvalue weighted by Gasteiger charge is 2.16. The molecule has 0 amide bonds. The first kappa shape index (κ1) is 22.2. The van der Waals surface area contributed by atoms with Crippen molar-refractivity contribution in [3.63, 3.8) is 0 Å². The van der Waals surface area contributed by atoms with Gasteiger partial charge in [0.2, 0.25) is 0 Å². The average molecular weight is 492 g/mol. The fourth-order valence-electron chi connectivity index (χ4n) is 4.22. The number of pyridine rings is 3. The number of thiophene rings is 1. The fraction of sp³-hybridized carbons (Fsp3) is 0.143. The van der Waals surface area contributed by atoms with Gasteiger partial charge in [-0.25, -0.2) is 4.98 Å². The maximum atomic E-state index is 4.61. The molecule has 8 heteroatoms. The molecule has 7 nitrogen and oxygen atoms in total. The number of hydrogen-bond acceptors (Lipinski definition) is 6. The number of aromatic nitrogens is 6. The molecule has 6 aromatic rings. The van der Waals surface area contributed by atoms with E-state index in [2.05, 4.69) is 93.1 Å². The van der Waals surface area contributed by atoms with Crippen molar-refractivity contribution in [2.24, 2.45) is 5.92 Å². The summed E-state index contributed by atoms with van der Waals surface area (Å²) in [6.45, 7) is 10.4. The van der Waals surface area contributed by atoms with Crippen LogP contribution in [0.5, 0.6) is 0 Å². The number of rotatable bonds is 6. The Morgan fingerprint density at radius 1 is 0.972 bits per heavy atom. The van der Waals surface area contributed by atoms with E-state index in [1.165, 1.54) is 9.75 Å². The van der Waals surface area contributed by atoms with E-state index in [1.807, 2.05) is 24.8 Å². The lowest BCUT2D eigenvalue weighted by molar-refractivity contribution is 0.778. The lowest BCUT2D eigenvalue weighted by atomic mass is 10.1. The number of fused-ring (bicyclic) bond motifs is 2. The van der Waals surface area contributed by atoms with Crippen molar-refractivity contribution in [1.82, 2.24) is 30.1 Å². The first-order chi connectivity index (χ1) is 17.5. The average Bonchev–Trinajstić information content (AvgIpc) is 3.61. The molecule has 3 N–H and O–H groups in total. The van der Waals surface area contributed by atoms with Crippen LogP contribution in [-0.4, -0.2) is 30.1 Å². The topological polar surface area (TPSA) is 95.2 Å². The predicted octanol–water partition coefficient (Wildman–Crippen LogP) is 7.18. The smallest absolute Gasteiger partial charge is 0.181 e. The van der Waals surface area contributed by atoms with Gasteiger partial charge < -0.3 is 10.3 Å². The third kappa shape index (κ3) is 3.95. The van der Waals surface area contributed by atoms with E-state index in [1.54, 1.807) is 17.5 Å². The van der Waals surface area contributed by atoms with Gasteiger partial charge in [-0.1, -0.05) is 20.4 Å². The summed E-state index contributed by atoms with van der Waals surface area (Å²) in [7, 11) is 0. The SMILES string of the molecule is C=C(Nc1cncc(-c2cnc3n[nH]c(-c4cc5c(-c6ccc(C)s6)cncc5[nH]4)c3c2)c1)C(C)C. The summed E-state index contributed by atoms with van der Waals surface area (Å²) in [4.78, 5) is 19.5. The maximum absolute atomic E-state index is 4.61. The minimum absolute atomic E-state index is 0.330. The largest absolute Gasteiger partial charge is 0.358 e. The fourth-order valence-corrected chi connectivity index (χ4v) is 5.11. The van der Waals surface area contributed by atoms with E-state index < -0.39 is 0 Å². The van der Waals surface area contributed by atoms with Gasteiger partial charge in [0.15, 0.2) is 5.65 Å². The van der Waals surface area contributed by atoms with Crippen molar-refractivity contribution in [3.8, 4) is 33.0 Å². The molecule has 36 heavy (non-hydrogen) atoms. The van der Waals surface area contributed by atoms with E-state index in [0.29, 0.717) is 11.6 Å². The molecule has 0 fully saturated rings. The molecule has 0 saturated heterocycles. The Balaban J connectivity index is 1.41. The molecule has 0 aliphatic carbocycles. The zero-order valence-electron chi connectivity index (χ0n) is 20.3. The summed E-state index contributed by atoms with van der Waals surface area (Å²) in [6, 6.07) is 10.6. The Bertz CT molecular complexity index is 1740. The van der Waals surface area contributed by atoms with E-state index >= 15 is 0 Å². The van der Waals surface area contributed by atoms with Gasteiger partial charge in [0.05, 0.1) is 35.0 Å². The molecule has 6 heterocycles. The molecule has 0 aromatic carbocycles.